The van der Waals surface area contributed by atoms with Gasteiger partial charge in [-0.1, -0.05) is 61.6 Å². The van der Waals surface area contributed by atoms with E-state index in [9.17, 15) is 4.79 Å². The maximum Gasteiger partial charge on any atom is 0.206 e. The molecule has 170 valence electrons. The van der Waals surface area contributed by atoms with Crippen molar-refractivity contribution in [1.29, 1.82) is 0 Å². The summed E-state index contributed by atoms with van der Waals surface area (Å²) in [6.45, 7) is 6.72. The van der Waals surface area contributed by atoms with Crippen molar-refractivity contribution in [1.82, 2.24) is 5.32 Å². The van der Waals surface area contributed by atoms with E-state index in [1.807, 2.05) is 49.4 Å². The molecule has 0 aliphatic carbocycles. The van der Waals surface area contributed by atoms with Crippen LogP contribution in [0.5, 0.6) is 11.5 Å². The van der Waals surface area contributed by atoms with Gasteiger partial charge in [-0.15, -0.1) is 11.3 Å². The van der Waals surface area contributed by atoms with E-state index in [1.54, 1.807) is 18.2 Å². The smallest absolute Gasteiger partial charge is 0.206 e. The highest BCUT2D eigenvalue weighted by atomic mass is 32.1. The second-order valence-electron chi connectivity index (χ2n) is 8.36. The topological polar surface area (TPSA) is 38.3 Å². The molecule has 1 aliphatic rings. The number of thiophene rings is 1. The first-order valence-corrected chi connectivity index (χ1v) is 12.5. The van der Waals surface area contributed by atoms with Gasteiger partial charge < -0.3 is 10.1 Å². The van der Waals surface area contributed by atoms with E-state index in [0.717, 1.165) is 28.8 Å². The number of piperidine rings is 1. The van der Waals surface area contributed by atoms with Gasteiger partial charge >= 0.3 is 0 Å². The molecule has 4 rings (SSSR count). The fourth-order valence-electron chi connectivity index (χ4n) is 4.23. The lowest BCUT2D eigenvalue weighted by atomic mass is 9.98. The van der Waals surface area contributed by atoms with Crippen LogP contribution in [0.15, 0.2) is 85.0 Å². The second-order valence-corrected chi connectivity index (χ2v) is 9.41. The summed E-state index contributed by atoms with van der Waals surface area (Å²) in [7, 11) is 0. The van der Waals surface area contributed by atoms with Crippen LogP contribution in [0.25, 0.3) is 10.1 Å². The summed E-state index contributed by atoms with van der Waals surface area (Å²) in [6.07, 6.45) is 13.2. The van der Waals surface area contributed by atoms with Gasteiger partial charge in [0.25, 0.3) is 0 Å². The molecular formula is C29H31NO2S. The normalized spacial score (nSPS) is 16.9. The van der Waals surface area contributed by atoms with E-state index in [-0.39, 0.29) is 5.78 Å². The monoisotopic (exact) mass is 457 g/mol. The van der Waals surface area contributed by atoms with Crippen molar-refractivity contribution < 1.29 is 9.53 Å². The van der Waals surface area contributed by atoms with Gasteiger partial charge in [-0.25, -0.2) is 0 Å². The molecule has 0 spiro atoms. The number of Topliss-reactive ketones (excluding diaryl/α,β-unsaturated/α-hetero) is 1. The first kappa shape index (κ1) is 23.2. The lowest BCUT2D eigenvalue weighted by molar-refractivity contribution is 0.104. The van der Waals surface area contributed by atoms with Crippen molar-refractivity contribution in [2.45, 2.75) is 45.1 Å². The van der Waals surface area contributed by atoms with Crippen molar-refractivity contribution >= 4 is 27.2 Å². The van der Waals surface area contributed by atoms with Gasteiger partial charge in [0.05, 0.1) is 0 Å². The van der Waals surface area contributed by atoms with E-state index in [4.69, 9.17) is 4.74 Å². The number of carbonyl (C=O) groups excluding carboxylic acids is 1. The number of ketones is 1. The van der Waals surface area contributed by atoms with Gasteiger partial charge in [0.2, 0.25) is 5.78 Å². The average molecular weight is 458 g/mol. The van der Waals surface area contributed by atoms with Crippen LogP contribution >= 0.6 is 11.3 Å². The molecule has 1 aliphatic heterocycles. The molecule has 33 heavy (non-hydrogen) atoms. The number of nitrogens with one attached hydrogen (secondary N) is 1. The van der Waals surface area contributed by atoms with Crippen LogP contribution in [0.4, 0.5) is 0 Å². The minimum atomic E-state index is -0.0385. The summed E-state index contributed by atoms with van der Waals surface area (Å²) >= 11 is 1.47. The minimum absolute atomic E-state index is 0.0385. The molecule has 0 amide bonds. The number of benzene rings is 2. The SMILES string of the molecule is C=C/C=C\C(=C/C)C(=O)c1sc2ccccc2c1Oc1ccc(CCC2CCCCN2)cc1. The number of hydrogen-bond acceptors (Lipinski definition) is 4. The van der Waals surface area contributed by atoms with Gasteiger partial charge in [-0.05, 0) is 69.0 Å². The van der Waals surface area contributed by atoms with Crippen LogP contribution in [0.1, 0.15) is 47.8 Å². The van der Waals surface area contributed by atoms with Crippen LogP contribution in [-0.4, -0.2) is 18.4 Å². The third-order valence-corrected chi connectivity index (χ3v) is 7.23. The van der Waals surface area contributed by atoms with E-state index in [2.05, 4.69) is 24.0 Å². The number of fused-ring (bicyclic) bond motifs is 1. The number of carbonyl (C=O) groups is 1. The summed E-state index contributed by atoms with van der Waals surface area (Å²) in [5.74, 6) is 1.34. The van der Waals surface area contributed by atoms with Gasteiger partial charge in [0.15, 0.2) is 5.75 Å². The number of ether oxygens (including phenoxy) is 1. The van der Waals surface area contributed by atoms with Crippen LogP contribution in [-0.2, 0) is 6.42 Å². The van der Waals surface area contributed by atoms with Crippen LogP contribution < -0.4 is 10.1 Å². The van der Waals surface area contributed by atoms with Gasteiger partial charge in [-0.3, -0.25) is 4.79 Å². The molecule has 1 saturated heterocycles. The highest BCUT2D eigenvalue weighted by Crippen LogP contribution is 2.41. The first-order chi connectivity index (χ1) is 16.2. The Morgan fingerprint density at radius 3 is 2.73 bits per heavy atom. The van der Waals surface area contributed by atoms with E-state index >= 15 is 0 Å². The highest BCUT2D eigenvalue weighted by molar-refractivity contribution is 7.21. The van der Waals surface area contributed by atoms with Crippen molar-refractivity contribution in [3.05, 3.63) is 95.4 Å². The lowest BCUT2D eigenvalue weighted by Crippen LogP contribution is -2.34. The largest absolute Gasteiger partial charge is 0.455 e. The Balaban J connectivity index is 1.55. The Morgan fingerprint density at radius 2 is 2.00 bits per heavy atom. The van der Waals surface area contributed by atoms with Crippen LogP contribution in [0.2, 0.25) is 0 Å². The average Bonchev–Trinajstić information content (AvgIpc) is 3.23. The maximum absolute atomic E-state index is 13.3. The summed E-state index contributed by atoms with van der Waals surface area (Å²) in [4.78, 5) is 13.9. The fraction of sp³-hybridized carbons (Fsp3) is 0.276. The Morgan fingerprint density at radius 1 is 1.18 bits per heavy atom. The molecule has 1 N–H and O–H groups in total. The van der Waals surface area contributed by atoms with Gasteiger partial charge in [-0.2, -0.15) is 0 Å². The van der Waals surface area contributed by atoms with Crippen molar-refractivity contribution in [3.63, 3.8) is 0 Å². The van der Waals surface area contributed by atoms with E-state index < -0.39 is 0 Å². The van der Waals surface area contributed by atoms with E-state index in [0.29, 0.717) is 22.2 Å². The molecule has 3 nitrogen and oxygen atoms in total. The first-order valence-electron chi connectivity index (χ1n) is 11.7. The Labute approximate surface area is 200 Å². The molecule has 1 aromatic heterocycles. The molecule has 1 unspecified atom stereocenters. The molecule has 0 saturated carbocycles. The second kappa shape index (κ2) is 11.3. The zero-order chi connectivity index (χ0) is 23.0. The zero-order valence-corrected chi connectivity index (χ0v) is 20.0. The molecule has 2 aromatic carbocycles. The van der Waals surface area contributed by atoms with Crippen molar-refractivity contribution in [3.8, 4) is 11.5 Å². The Kier molecular flexibility index (Phi) is 7.92. The zero-order valence-electron chi connectivity index (χ0n) is 19.2. The third kappa shape index (κ3) is 5.70. The summed E-state index contributed by atoms with van der Waals surface area (Å²) in [5, 5.41) is 4.58. The maximum atomic E-state index is 13.3. The number of hydrogen-bond donors (Lipinski definition) is 1. The van der Waals surface area contributed by atoms with Crippen molar-refractivity contribution in [2.24, 2.45) is 0 Å². The number of allylic oxidation sites excluding steroid dienone is 5. The Bertz CT molecular complexity index is 1160. The standard InChI is InChI=1S/C29H31NO2S/c1-3-5-10-22(4-2)27(31)29-28(25-12-6-7-13-26(25)33-29)32-24-18-15-21(16-19-24)14-17-23-11-8-9-20-30-23/h3-7,10,12-13,15-16,18-19,23,30H,1,8-9,11,14,17,20H2,2H3/b10-5-,22-4+. The predicted molar refractivity (Wildman–Crippen MR) is 140 cm³/mol. The summed E-state index contributed by atoms with van der Waals surface area (Å²) < 4.78 is 7.38. The molecule has 0 bridgehead atoms. The number of aryl methyl sites for hydroxylation is 1. The van der Waals surface area contributed by atoms with Gasteiger partial charge in [0.1, 0.15) is 10.6 Å². The number of rotatable bonds is 9. The van der Waals surface area contributed by atoms with Crippen LogP contribution in [0.3, 0.4) is 0 Å². The van der Waals surface area contributed by atoms with E-state index in [1.165, 1.54) is 42.6 Å². The lowest BCUT2D eigenvalue weighted by Gasteiger charge is -2.23. The minimum Gasteiger partial charge on any atom is -0.455 e. The third-order valence-electron chi connectivity index (χ3n) is 6.08. The molecule has 4 heteroatoms. The molecule has 3 aromatic rings. The Hall–Kier alpha value is -2.95. The molecule has 2 heterocycles. The fourth-order valence-corrected chi connectivity index (χ4v) is 5.32. The quantitative estimate of drug-likeness (QED) is 0.204. The summed E-state index contributed by atoms with van der Waals surface area (Å²) in [6, 6.07) is 16.9. The highest BCUT2D eigenvalue weighted by Gasteiger charge is 2.22. The molecule has 1 fully saturated rings. The molecular weight excluding hydrogens is 426 g/mol. The molecule has 1 atom stereocenters. The van der Waals surface area contributed by atoms with Crippen molar-refractivity contribution in [2.75, 3.05) is 6.54 Å². The molecule has 0 radical (unpaired) electrons. The van der Waals surface area contributed by atoms with Crippen LogP contribution in [0, 0.1) is 0 Å². The van der Waals surface area contributed by atoms with Gasteiger partial charge in [0, 0.05) is 21.7 Å². The summed E-state index contributed by atoms with van der Waals surface area (Å²) in [5.41, 5.74) is 1.94. The predicted octanol–water partition coefficient (Wildman–Crippen LogP) is 7.64.